The van der Waals surface area contributed by atoms with Gasteiger partial charge in [0.1, 0.15) is 0 Å². The predicted octanol–water partition coefficient (Wildman–Crippen LogP) is 3.76. The number of rotatable bonds is 2. The van der Waals surface area contributed by atoms with E-state index in [1.165, 1.54) is 4.88 Å². The molecule has 0 atom stereocenters. The number of nitrogens with zero attached hydrogens (tertiary/aromatic N) is 2. The van der Waals surface area contributed by atoms with Gasteiger partial charge in [0.25, 0.3) is 0 Å². The number of aryl methyl sites for hydroxylation is 2. The zero-order valence-corrected chi connectivity index (χ0v) is 11.6. The fourth-order valence-electron chi connectivity index (χ4n) is 1.45. The van der Waals surface area contributed by atoms with E-state index >= 15 is 0 Å². The van der Waals surface area contributed by atoms with E-state index < -0.39 is 0 Å². The SMILES string of the molecule is Cc1nc(N(C)c2ccc(Cl)c(N)c2)sc1C. The first-order chi connectivity index (χ1) is 7.99. The average molecular weight is 268 g/mol. The van der Waals surface area contributed by atoms with Gasteiger partial charge in [-0.25, -0.2) is 4.98 Å². The van der Waals surface area contributed by atoms with Gasteiger partial charge < -0.3 is 10.6 Å². The highest BCUT2D eigenvalue weighted by atomic mass is 35.5. The maximum Gasteiger partial charge on any atom is 0.190 e. The third-order valence-corrected chi connectivity index (χ3v) is 4.16. The molecule has 0 amide bonds. The Morgan fingerprint density at radius 3 is 2.59 bits per heavy atom. The minimum Gasteiger partial charge on any atom is -0.397 e. The Kier molecular flexibility index (Phi) is 3.26. The lowest BCUT2D eigenvalue weighted by atomic mass is 10.2. The van der Waals surface area contributed by atoms with E-state index in [0.29, 0.717) is 10.7 Å². The summed E-state index contributed by atoms with van der Waals surface area (Å²) in [5, 5.41) is 1.54. The molecular weight excluding hydrogens is 254 g/mol. The van der Waals surface area contributed by atoms with E-state index in [2.05, 4.69) is 11.9 Å². The molecule has 17 heavy (non-hydrogen) atoms. The van der Waals surface area contributed by atoms with Crippen LogP contribution in [0.5, 0.6) is 0 Å². The Bertz CT molecular complexity index is 531. The Hall–Kier alpha value is -1.26. The number of nitrogens with two attached hydrogens (primary N) is 1. The molecule has 0 aliphatic heterocycles. The van der Waals surface area contributed by atoms with Crippen molar-refractivity contribution in [3.8, 4) is 0 Å². The normalized spacial score (nSPS) is 10.6. The molecule has 0 saturated heterocycles. The zero-order chi connectivity index (χ0) is 12.6. The number of nitrogen functional groups attached to an aromatic ring is 1. The lowest BCUT2D eigenvalue weighted by Crippen LogP contribution is -2.09. The number of aromatic nitrogens is 1. The number of anilines is 3. The van der Waals surface area contributed by atoms with Crippen molar-refractivity contribution in [1.29, 1.82) is 0 Å². The highest BCUT2D eigenvalue weighted by Crippen LogP contribution is 2.32. The van der Waals surface area contributed by atoms with Crippen LogP contribution in [0.4, 0.5) is 16.5 Å². The molecule has 0 saturated carbocycles. The lowest BCUT2D eigenvalue weighted by Gasteiger charge is -2.16. The molecule has 0 fully saturated rings. The first-order valence-electron chi connectivity index (χ1n) is 5.22. The average Bonchev–Trinajstić information content (AvgIpc) is 2.62. The summed E-state index contributed by atoms with van der Waals surface area (Å²) < 4.78 is 0. The summed E-state index contributed by atoms with van der Waals surface area (Å²) in [6, 6.07) is 5.59. The zero-order valence-electron chi connectivity index (χ0n) is 9.99. The van der Waals surface area contributed by atoms with Gasteiger partial charge in [-0.15, -0.1) is 11.3 Å². The maximum absolute atomic E-state index is 5.90. The lowest BCUT2D eigenvalue weighted by molar-refractivity contribution is 1.13. The molecule has 5 heteroatoms. The fraction of sp³-hybridized carbons (Fsp3) is 0.250. The van der Waals surface area contributed by atoms with E-state index in [1.807, 2.05) is 31.0 Å². The van der Waals surface area contributed by atoms with Crippen molar-refractivity contribution in [3.63, 3.8) is 0 Å². The Balaban J connectivity index is 2.36. The van der Waals surface area contributed by atoms with Gasteiger partial charge in [-0.2, -0.15) is 0 Å². The summed E-state index contributed by atoms with van der Waals surface area (Å²) in [6.07, 6.45) is 0. The monoisotopic (exact) mass is 267 g/mol. The quantitative estimate of drug-likeness (QED) is 0.843. The van der Waals surface area contributed by atoms with Gasteiger partial charge in [-0.1, -0.05) is 11.6 Å². The molecule has 1 aromatic heterocycles. The van der Waals surface area contributed by atoms with Gasteiger partial charge in [0, 0.05) is 17.6 Å². The van der Waals surface area contributed by atoms with Gasteiger partial charge in [-0.05, 0) is 32.0 Å². The van der Waals surface area contributed by atoms with E-state index in [4.69, 9.17) is 17.3 Å². The van der Waals surface area contributed by atoms with E-state index in [0.717, 1.165) is 16.5 Å². The van der Waals surface area contributed by atoms with Crippen molar-refractivity contribution in [3.05, 3.63) is 33.8 Å². The first kappa shape index (κ1) is 12.2. The molecule has 90 valence electrons. The molecule has 2 N–H and O–H groups in total. The third kappa shape index (κ3) is 2.37. The molecule has 1 heterocycles. The Labute approximate surface area is 110 Å². The molecule has 0 aliphatic carbocycles. The summed E-state index contributed by atoms with van der Waals surface area (Å²) in [6.45, 7) is 4.08. The Morgan fingerprint density at radius 2 is 2.06 bits per heavy atom. The minimum atomic E-state index is 0.577. The van der Waals surface area contributed by atoms with Crippen LogP contribution in [0, 0.1) is 13.8 Å². The highest BCUT2D eigenvalue weighted by molar-refractivity contribution is 7.15. The van der Waals surface area contributed by atoms with Crippen LogP contribution in [0.2, 0.25) is 5.02 Å². The molecular formula is C12H14ClN3S. The largest absolute Gasteiger partial charge is 0.397 e. The summed E-state index contributed by atoms with van der Waals surface area (Å²) in [5.74, 6) is 0. The van der Waals surface area contributed by atoms with Crippen molar-refractivity contribution < 1.29 is 0 Å². The highest BCUT2D eigenvalue weighted by Gasteiger charge is 2.11. The summed E-state index contributed by atoms with van der Waals surface area (Å²) in [7, 11) is 1.97. The first-order valence-corrected chi connectivity index (χ1v) is 6.41. The van der Waals surface area contributed by atoms with Crippen LogP contribution >= 0.6 is 22.9 Å². The number of hydrogen-bond donors (Lipinski definition) is 1. The molecule has 2 rings (SSSR count). The number of halogens is 1. The molecule has 1 aromatic carbocycles. The smallest absolute Gasteiger partial charge is 0.190 e. The second kappa shape index (κ2) is 4.55. The molecule has 3 nitrogen and oxygen atoms in total. The van der Waals surface area contributed by atoms with Gasteiger partial charge in [0.2, 0.25) is 0 Å². The van der Waals surface area contributed by atoms with Gasteiger partial charge >= 0.3 is 0 Å². The van der Waals surface area contributed by atoms with Crippen molar-refractivity contribution in [1.82, 2.24) is 4.98 Å². The molecule has 0 unspecified atom stereocenters. The number of hydrogen-bond acceptors (Lipinski definition) is 4. The van der Waals surface area contributed by atoms with Crippen LogP contribution in [0.3, 0.4) is 0 Å². The minimum absolute atomic E-state index is 0.577. The van der Waals surface area contributed by atoms with Gasteiger partial charge in [0.15, 0.2) is 5.13 Å². The summed E-state index contributed by atoms with van der Waals surface area (Å²) >= 11 is 7.57. The van der Waals surface area contributed by atoms with Crippen LogP contribution < -0.4 is 10.6 Å². The van der Waals surface area contributed by atoms with Crippen LogP contribution in [-0.2, 0) is 0 Å². The summed E-state index contributed by atoms with van der Waals surface area (Å²) in [5.41, 5.74) is 8.44. The Morgan fingerprint density at radius 1 is 1.35 bits per heavy atom. The molecule has 0 bridgehead atoms. The van der Waals surface area contributed by atoms with Gasteiger partial charge in [0.05, 0.1) is 16.4 Å². The standard InChI is InChI=1S/C12H14ClN3S/c1-7-8(2)17-12(15-7)16(3)9-4-5-10(13)11(14)6-9/h4-6H,14H2,1-3H3. The van der Waals surface area contributed by atoms with Crippen LogP contribution in [0.15, 0.2) is 18.2 Å². The molecule has 0 spiro atoms. The van der Waals surface area contributed by atoms with Crippen LogP contribution in [0.25, 0.3) is 0 Å². The fourth-order valence-corrected chi connectivity index (χ4v) is 2.46. The van der Waals surface area contributed by atoms with Crippen molar-refractivity contribution in [2.45, 2.75) is 13.8 Å². The van der Waals surface area contributed by atoms with Gasteiger partial charge in [-0.3, -0.25) is 0 Å². The van der Waals surface area contributed by atoms with Crippen molar-refractivity contribution >= 4 is 39.4 Å². The van der Waals surface area contributed by atoms with E-state index in [1.54, 1.807) is 17.4 Å². The van der Waals surface area contributed by atoms with Crippen molar-refractivity contribution in [2.75, 3.05) is 17.7 Å². The van der Waals surface area contributed by atoms with E-state index in [9.17, 15) is 0 Å². The van der Waals surface area contributed by atoms with Crippen LogP contribution in [0.1, 0.15) is 10.6 Å². The summed E-state index contributed by atoms with van der Waals surface area (Å²) in [4.78, 5) is 7.75. The van der Waals surface area contributed by atoms with E-state index in [-0.39, 0.29) is 0 Å². The molecule has 0 radical (unpaired) electrons. The van der Waals surface area contributed by atoms with Crippen LogP contribution in [-0.4, -0.2) is 12.0 Å². The van der Waals surface area contributed by atoms with Crippen molar-refractivity contribution in [2.24, 2.45) is 0 Å². The third-order valence-electron chi connectivity index (χ3n) is 2.67. The second-order valence-corrected chi connectivity index (χ2v) is 5.49. The molecule has 0 aliphatic rings. The number of benzene rings is 1. The maximum atomic E-state index is 5.90. The topological polar surface area (TPSA) is 42.2 Å². The molecule has 2 aromatic rings. The number of thiazole rings is 1. The predicted molar refractivity (Wildman–Crippen MR) is 75.5 cm³/mol. The second-order valence-electron chi connectivity index (χ2n) is 3.90.